The van der Waals surface area contributed by atoms with Crippen LogP contribution in [0.5, 0.6) is 0 Å². The molecule has 18 heavy (non-hydrogen) atoms. The summed E-state index contributed by atoms with van der Waals surface area (Å²) in [6, 6.07) is 0. The molecule has 1 unspecified atom stereocenters. The topological polar surface area (TPSA) is 99.2 Å². The first kappa shape index (κ1) is 12.5. The van der Waals surface area contributed by atoms with Crippen molar-refractivity contribution in [1.29, 1.82) is 0 Å². The molecule has 1 amide bonds. The number of aromatic amines is 1. The second kappa shape index (κ2) is 5.16. The second-order valence-electron chi connectivity index (χ2n) is 4.58. The van der Waals surface area contributed by atoms with Crippen molar-refractivity contribution in [2.75, 3.05) is 13.1 Å². The van der Waals surface area contributed by atoms with Gasteiger partial charge in [-0.2, -0.15) is 0 Å². The predicted octanol–water partition coefficient (Wildman–Crippen LogP) is 0.440. The van der Waals surface area contributed by atoms with Crippen LogP contribution >= 0.6 is 0 Å². The van der Waals surface area contributed by atoms with Crippen molar-refractivity contribution in [1.82, 2.24) is 20.1 Å². The molecule has 1 aromatic heterocycles. The van der Waals surface area contributed by atoms with Crippen molar-refractivity contribution in [2.45, 2.75) is 26.2 Å². The molecule has 1 aliphatic heterocycles. The average molecular weight is 252 g/mol. The average Bonchev–Trinajstić information content (AvgIpc) is 2.94. The second-order valence-corrected chi connectivity index (χ2v) is 4.58. The first-order chi connectivity index (χ1) is 8.56. The number of H-pyrrole nitrogens is 1. The van der Waals surface area contributed by atoms with Gasteiger partial charge >= 0.3 is 5.97 Å². The number of aryl methyl sites for hydroxylation is 1. The van der Waals surface area contributed by atoms with Gasteiger partial charge in [0.2, 0.25) is 5.82 Å². The number of carbonyl (C=O) groups excluding carboxylic acids is 1. The Labute approximate surface area is 104 Å². The number of aliphatic carboxylic acids is 1. The number of amides is 1. The quantitative estimate of drug-likeness (QED) is 0.810. The summed E-state index contributed by atoms with van der Waals surface area (Å²) in [5.74, 6) is 0.0954. The molecule has 0 bridgehead atoms. The number of carboxylic acid groups (broad SMARTS) is 1. The number of carbonyl (C=O) groups is 2. The van der Waals surface area contributed by atoms with Crippen LogP contribution in [0.2, 0.25) is 0 Å². The zero-order chi connectivity index (χ0) is 13.1. The van der Waals surface area contributed by atoms with Crippen LogP contribution in [0.15, 0.2) is 0 Å². The number of hydrogen-bond acceptors (Lipinski definition) is 4. The van der Waals surface area contributed by atoms with Gasteiger partial charge in [0.1, 0.15) is 5.82 Å². The summed E-state index contributed by atoms with van der Waals surface area (Å²) in [5.41, 5.74) is 0. The van der Waals surface area contributed by atoms with E-state index in [4.69, 9.17) is 5.11 Å². The Kier molecular flexibility index (Phi) is 3.59. The molecule has 1 saturated heterocycles. The molecular weight excluding hydrogens is 236 g/mol. The molecular formula is C11H16N4O3. The predicted molar refractivity (Wildman–Crippen MR) is 62.0 cm³/mol. The fraction of sp³-hybridized carbons (Fsp3) is 0.636. The molecule has 1 atom stereocenters. The fourth-order valence-electron chi connectivity index (χ4n) is 2.16. The molecule has 7 heteroatoms. The van der Waals surface area contributed by atoms with Gasteiger partial charge in [0.15, 0.2) is 0 Å². The van der Waals surface area contributed by atoms with E-state index >= 15 is 0 Å². The molecule has 1 aromatic rings. The first-order valence-corrected chi connectivity index (χ1v) is 5.96. The molecule has 0 radical (unpaired) electrons. The lowest BCUT2D eigenvalue weighted by atomic mass is 10.0. The Morgan fingerprint density at radius 3 is 2.94 bits per heavy atom. The normalized spacial score (nSPS) is 19.2. The summed E-state index contributed by atoms with van der Waals surface area (Å²) in [6.07, 6.45) is 1.63. The summed E-state index contributed by atoms with van der Waals surface area (Å²) in [7, 11) is 0. The van der Waals surface area contributed by atoms with Gasteiger partial charge in [-0.25, -0.2) is 4.98 Å². The van der Waals surface area contributed by atoms with Gasteiger partial charge in [0, 0.05) is 19.5 Å². The zero-order valence-corrected chi connectivity index (χ0v) is 10.2. The van der Waals surface area contributed by atoms with E-state index in [9.17, 15) is 9.59 Å². The molecule has 1 aliphatic rings. The SMILES string of the molecule is Cc1nc(C(=O)N2CCC(CCC(=O)O)C2)n[nH]1. The van der Waals surface area contributed by atoms with E-state index in [1.54, 1.807) is 11.8 Å². The number of nitrogens with zero attached hydrogens (tertiary/aromatic N) is 3. The highest BCUT2D eigenvalue weighted by molar-refractivity contribution is 5.90. The molecule has 2 N–H and O–H groups in total. The van der Waals surface area contributed by atoms with Crippen LogP contribution in [-0.4, -0.2) is 50.2 Å². The Morgan fingerprint density at radius 1 is 1.56 bits per heavy atom. The Bertz CT molecular complexity index is 457. The van der Waals surface area contributed by atoms with Crippen molar-refractivity contribution < 1.29 is 14.7 Å². The Morgan fingerprint density at radius 2 is 2.33 bits per heavy atom. The third-order valence-corrected chi connectivity index (χ3v) is 3.13. The van der Waals surface area contributed by atoms with E-state index in [0.717, 1.165) is 6.42 Å². The maximum Gasteiger partial charge on any atom is 0.303 e. The van der Waals surface area contributed by atoms with E-state index in [0.29, 0.717) is 25.3 Å². The van der Waals surface area contributed by atoms with Crippen LogP contribution in [0.1, 0.15) is 35.7 Å². The largest absolute Gasteiger partial charge is 0.481 e. The van der Waals surface area contributed by atoms with Crippen molar-refractivity contribution in [3.63, 3.8) is 0 Å². The molecule has 2 rings (SSSR count). The van der Waals surface area contributed by atoms with Gasteiger partial charge in [0.25, 0.3) is 5.91 Å². The number of likely N-dealkylation sites (tertiary alicyclic amines) is 1. The van der Waals surface area contributed by atoms with Crippen LogP contribution in [-0.2, 0) is 4.79 Å². The van der Waals surface area contributed by atoms with E-state index < -0.39 is 5.97 Å². The van der Waals surface area contributed by atoms with Crippen LogP contribution < -0.4 is 0 Å². The fourth-order valence-corrected chi connectivity index (χ4v) is 2.16. The van der Waals surface area contributed by atoms with Crippen LogP contribution in [0.4, 0.5) is 0 Å². The van der Waals surface area contributed by atoms with Crippen LogP contribution in [0.25, 0.3) is 0 Å². The van der Waals surface area contributed by atoms with Crippen LogP contribution in [0.3, 0.4) is 0 Å². The molecule has 98 valence electrons. The third-order valence-electron chi connectivity index (χ3n) is 3.13. The lowest BCUT2D eigenvalue weighted by Gasteiger charge is -2.14. The van der Waals surface area contributed by atoms with Gasteiger partial charge in [-0.05, 0) is 25.7 Å². The van der Waals surface area contributed by atoms with E-state index in [1.807, 2.05) is 0 Å². The maximum atomic E-state index is 12.0. The molecule has 2 heterocycles. The smallest absolute Gasteiger partial charge is 0.303 e. The summed E-state index contributed by atoms with van der Waals surface area (Å²) < 4.78 is 0. The number of hydrogen-bond donors (Lipinski definition) is 2. The molecule has 0 aromatic carbocycles. The summed E-state index contributed by atoms with van der Waals surface area (Å²) >= 11 is 0. The van der Waals surface area contributed by atoms with E-state index in [-0.39, 0.29) is 24.1 Å². The lowest BCUT2D eigenvalue weighted by Crippen LogP contribution is -2.29. The third kappa shape index (κ3) is 2.85. The number of nitrogens with one attached hydrogen (secondary N) is 1. The van der Waals surface area contributed by atoms with E-state index in [2.05, 4.69) is 15.2 Å². The summed E-state index contributed by atoms with van der Waals surface area (Å²) in [4.78, 5) is 28.2. The monoisotopic (exact) mass is 252 g/mol. The minimum Gasteiger partial charge on any atom is -0.481 e. The first-order valence-electron chi connectivity index (χ1n) is 5.96. The summed E-state index contributed by atoms with van der Waals surface area (Å²) in [6.45, 7) is 2.99. The molecule has 0 aliphatic carbocycles. The highest BCUT2D eigenvalue weighted by Gasteiger charge is 2.28. The van der Waals surface area contributed by atoms with Gasteiger partial charge in [0.05, 0.1) is 0 Å². The van der Waals surface area contributed by atoms with Gasteiger partial charge in [-0.15, -0.1) is 5.10 Å². The molecule has 0 saturated carbocycles. The van der Waals surface area contributed by atoms with Gasteiger partial charge in [-0.1, -0.05) is 0 Å². The standard InChI is InChI=1S/C11H16N4O3/c1-7-12-10(14-13-7)11(18)15-5-4-8(6-15)2-3-9(16)17/h8H,2-6H2,1H3,(H,16,17)(H,12,13,14). The Balaban J connectivity index is 1.88. The zero-order valence-electron chi connectivity index (χ0n) is 10.2. The highest BCUT2D eigenvalue weighted by atomic mass is 16.4. The van der Waals surface area contributed by atoms with Crippen LogP contribution in [0, 0.1) is 12.8 Å². The van der Waals surface area contributed by atoms with E-state index in [1.165, 1.54) is 0 Å². The maximum absolute atomic E-state index is 12.0. The lowest BCUT2D eigenvalue weighted by molar-refractivity contribution is -0.137. The minimum absolute atomic E-state index is 0.159. The number of aromatic nitrogens is 3. The van der Waals surface area contributed by atoms with Crippen molar-refractivity contribution in [3.05, 3.63) is 11.6 Å². The van der Waals surface area contributed by atoms with Gasteiger partial charge < -0.3 is 10.0 Å². The van der Waals surface area contributed by atoms with Crippen molar-refractivity contribution in [2.24, 2.45) is 5.92 Å². The minimum atomic E-state index is -0.788. The summed E-state index contributed by atoms with van der Waals surface area (Å²) in [5, 5.41) is 15.1. The molecule has 7 nitrogen and oxygen atoms in total. The molecule has 1 fully saturated rings. The Hall–Kier alpha value is -1.92. The van der Waals surface area contributed by atoms with Crippen molar-refractivity contribution in [3.8, 4) is 0 Å². The van der Waals surface area contributed by atoms with Crippen molar-refractivity contribution >= 4 is 11.9 Å². The molecule has 0 spiro atoms. The highest BCUT2D eigenvalue weighted by Crippen LogP contribution is 2.21. The number of carboxylic acids is 1. The van der Waals surface area contributed by atoms with Gasteiger partial charge in [-0.3, -0.25) is 14.7 Å². The number of rotatable bonds is 4.